The molecule has 0 spiro atoms. The number of hydrogen-bond donors (Lipinski definition) is 1. The lowest BCUT2D eigenvalue weighted by molar-refractivity contribution is -0.163. The molecule has 0 unspecified atom stereocenters. The zero-order valence-corrected chi connectivity index (χ0v) is 17.6. The number of carbonyl (C=O) groups is 3. The summed E-state index contributed by atoms with van der Waals surface area (Å²) in [6.07, 6.45) is -0.803. The van der Waals surface area contributed by atoms with Gasteiger partial charge in [0.15, 0.2) is 5.92 Å². The Bertz CT molecular complexity index is 840. The van der Waals surface area contributed by atoms with Crippen molar-refractivity contribution >= 4 is 29.6 Å². The molecule has 2 aromatic rings. The average molecular weight is 434 g/mol. The summed E-state index contributed by atoms with van der Waals surface area (Å²) in [7, 11) is 0. The minimum absolute atomic E-state index is 0.0262. The molecule has 7 nitrogen and oxygen atoms in total. The monoisotopic (exact) mass is 433 g/mol. The van der Waals surface area contributed by atoms with Crippen LogP contribution in [0.3, 0.4) is 0 Å². The summed E-state index contributed by atoms with van der Waals surface area (Å²) >= 11 is 6.08. The van der Waals surface area contributed by atoms with Gasteiger partial charge in [-0.25, -0.2) is 4.79 Å². The molecule has 160 valence electrons. The molecule has 0 aliphatic rings. The van der Waals surface area contributed by atoms with Gasteiger partial charge in [0.05, 0.1) is 19.3 Å². The zero-order chi connectivity index (χ0) is 21.9. The van der Waals surface area contributed by atoms with E-state index < -0.39 is 30.0 Å². The molecule has 1 N–H and O–H groups in total. The molecule has 0 saturated carbocycles. The Morgan fingerprint density at radius 3 is 2.10 bits per heavy atom. The van der Waals surface area contributed by atoms with Gasteiger partial charge in [0.1, 0.15) is 6.61 Å². The van der Waals surface area contributed by atoms with Gasteiger partial charge in [-0.1, -0.05) is 54.1 Å². The van der Waals surface area contributed by atoms with Gasteiger partial charge in [-0.2, -0.15) is 0 Å². The smallest absolute Gasteiger partial charge is 0.407 e. The molecule has 0 aliphatic heterocycles. The summed E-state index contributed by atoms with van der Waals surface area (Å²) in [5, 5.41) is 2.97. The van der Waals surface area contributed by atoms with Crippen molar-refractivity contribution < 1.29 is 28.6 Å². The van der Waals surface area contributed by atoms with Crippen LogP contribution in [0.2, 0.25) is 5.02 Å². The third kappa shape index (κ3) is 6.77. The highest BCUT2D eigenvalue weighted by Crippen LogP contribution is 2.27. The van der Waals surface area contributed by atoms with Gasteiger partial charge >= 0.3 is 18.0 Å². The van der Waals surface area contributed by atoms with Crippen molar-refractivity contribution in [2.24, 2.45) is 5.92 Å². The largest absolute Gasteiger partial charge is 0.465 e. The van der Waals surface area contributed by atoms with E-state index in [9.17, 15) is 14.4 Å². The van der Waals surface area contributed by atoms with Crippen LogP contribution in [-0.4, -0.2) is 31.2 Å². The predicted molar refractivity (Wildman–Crippen MR) is 111 cm³/mol. The van der Waals surface area contributed by atoms with E-state index in [2.05, 4.69) is 5.32 Å². The molecule has 30 heavy (non-hydrogen) atoms. The van der Waals surface area contributed by atoms with Crippen LogP contribution in [0.15, 0.2) is 54.6 Å². The molecule has 8 heteroatoms. The van der Waals surface area contributed by atoms with Crippen molar-refractivity contribution in [1.82, 2.24) is 5.32 Å². The zero-order valence-electron chi connectivity index (χ0n) is 16.8. The highest BCUT2D eigenvalue weighted by atomic mass is 35.5. The van der Waals surface area contributed by atoms with Crippen LogP contribution < -0.4 is 5.32 Å². The maximum Gasteiger partial charge on any atom is 0.407 e. The van der Waals surface area contributed by atoms with Crippen molar-refractivity contribution in [1.29, 1.82) is 0 Å². The van der Waals surface area contributed by atoms with E-state index in [1.165, 1.54) is 0 Å². The third-order valence-corrected chi connectivity index (χ3v) is 4.34. The first-order valence-electron chi connectivity index (χ1n) is 9.52. The normalized spacial score (nSPS) is 11.5. The van der Waals surface area contributed by atoms with Gasteiger partial charge < -0.3 is 19.5 Å². The number of ether oxygens (including phenoxy) is 3. The lowest BCUT2D eigenvalue weighted by Crippen LogP contribution is -2.42. The number of carbonyl (C=O) groups excluding carboxylic acids is 3. The highest BCUT2D eigenvalue weighted by molar-refractivity contribution is 6.30. The van der Waals surface area contributed by atoms with Crippen LogP contribution >= 0.6 is 11.6 Å². The van der Waals surface area contributed by atoms with E-state index in [4.69, 9.17) is 25.8 Å². The second kappa shape index (κ2) is 11.8. The lowest BCUT2D eigenvalue weighted by atomic mass is 9.93. The first kappa shape index (κ1) is 23.2. The number of hydrogen-bond acceptors (Lipinski definition) is 6. The minimum atomic E-state index is -1.42. The number of amides is 1. The van der Waals surface area contributed by atoms with Crippen LogP contribution in [0.25, 0.3) is 0 Å². The van der Waals surface area contributed by atoms with Gasteiger partial charge in [0.25, 0.3) is 0 Å². The summed E-state index contributed by atoms with van der Waals surface area (Å²) in [5.74, 6) is -3.05. The van der Waals surface area contributed by atoms with Crippen molar-refractivity contribution in [3.8, 4) is 0 Å². The van der Waals surface area contributed by atoms with Crippen LogP contribution in [0.1, 0.15) is 31.0 Å². The van der Waals surface area contributed by atoms with E-state index in [-0.39, 0.29) is 19.8 Å². The molecule has 1 atom stereocenters. The summed E-state index contributed by atoms with van der Waals surface area (Å²) in [6.45, 7) is 3.40. The van der Waals surface area contributed by atoms with Gasteiger partial charge in [-0.3, -0.25) is 9.59 Å². The fourth-order valence-electron chi connectivity index (χ4n) is 2.78. The van der Waals surface area contributed by atoms with E-state index >= 15 is 0 Å². The lowest BCUT2D eigenvalue weighted by Gasteiger charge is -2.25. The van der Waals surface area contributed by atoms with Gasteiger partial charge in [-0.15, -0.1) is 0 Å². The molecule has 0 aliphatic carbocycles. The fourth-order valence-corrected chi connectivity index (χ4v) is 2.98. The summed E-state index contributed by atoms with van der Waals surface area (Å²) < 4.78 is 15.4. The number of rotatable bonds is 9. The Morgan fingerprint density at radius 2 is 1.53 bits per heavy atom. The Labute approximate surface area is 180 Å². The van der Waals surface area contributed by atoms with Crippen LogP contribution in [0, 0.1) is 5.92 Å². The fraction of sp³-hybridized carbons (Fsp3) is 0.318. The first-order valence-corrected chi connectivity index (χ1v) is 9.90. The third-order valence-electron chi connectivity index (χ3n) is 4.11. The Balaban J connectivity index is 2.28. The van der Waals surface area contributed by atoms with Crippen LogP contribution in [-0.2, 0) is 30.4 Å². The molecule has 0 bridgehead atoms. The summed E-state index contributed by atoms with van der Waals surface area (Å²) in [5.41, 5.74) is 1.23. The summed E-state index contributed by atoms with van der Waals surface area (Å²) in [6, 6.07) is 14.5. The Morgan fingerprint density at radius 1 is 0.900 bits per heavy atom. The van der Waals surface area contributed by atoms with E-state index in [1.54, 1.807) is 38.1 Å². The maximum atomic E-state index is 12.6. The molecular formula is C22H24ClNO6. The number of nitrogens with one attached hydrogen (secondary N) is 1. The van der Waals surface area contributed by atoms with E-state index in [0.717, 1.165) is 5.56 Å². The summed E-state index contributed by atoms with van der Waals surface area (Å²) in [4.78, 5) is 37.6. The van der Waals surface area contributed by atoms with E-state index in [1.807, 2.05) is 30.3 Å². The molecule has 0 fully saturated rings. The highest BCUT2D eigenvalue weighted by Gasteiger charge is 2.40. The van der Waals surface area contributed by atoms with Gasteiger partial charge in [-0.05, 0) is 37.1 Å². The standard InChI is InChI=1S/C22H24ClNO6/c1-3-28-20(25)18(21(26)29-4-2)19(16-11-8-12-17(23)13-16)24-22(27)30-14-15-9-6-5-7-10-15/h5-13,18-19H,3-4,14H2,1-2H3,(H,24,27)/t19-/m0/s1. The first-order chi connectivity index (χ1) is 14.5. The van der Waals surface area contributed by atoms with Gasteiger partial charge in [0, 0.05) is 5.02 Å². The second-order valence-electron chi connectivity index (χ2n) is 6.22. The molecule has 0 aromatic heterocycles. The Kier molecular flexibility index (Phi) is 9.15. The SMILES string of the molecule is CCOC(=O)C(C(=O)OCC)[C@@H](NC(=O)OCc1ccccc1)c1cccc(Cl)c1. The molecule has 0 heterocycles. The van der Waals surface area contributed by atoms with E-state index in [0.29, 0.717) is 10.6 Å². The topological polar surface area (TPSA) is 90.9 Å². The maximum absolute atomic E-state index is 12.6. The molecule has 2 rings (SSSR count). The predicted octanol–water partition coefficient (Wildman–Crippen LogP) is 4.05. The molecule has 0 saturated heterocycles. The Hall–Kier alpha value is -3.06. The number of benzene rings is 2. The number of alkyl carbamates (subject to hydrolysis) is 1. The average Bonchev–Trinajstić information content (AvgIpc) is 2.73. The van der Waals surface area contributed by atoms with Crippen LogP contribution in [0.5, 0.6) is 0 Å². The molecule has 0 radical (unpaired) electrons. The van der Waals surface area contributed by atoms with Crippen molar-refractivity contribution in [3.05, 3.63) is 70.7 Å². The van der Waals surface area contributed by atoms with Crippen LogP contribution in [0.4, 0.5) is 4.79 Å². The van der Waals surface area contributed by atoms with Crippen molar-refractivity contribution in [2.45, 2.75) is 26.5 Å². The second-order valence-corrected chi connectivity index (χ2v) is 6.66. The quantitative estimate of drug-likeness (QED) is 0.364. The molecule has 1 amide bonds. The molecular weight excluding hydrogens is 410 g/mol. The minimum Gasteiger partial charge on any atom is -0.465 e. The number of halogens is 1. The van der Waals surface area contributed by atoms with Crippen molar-refractivity contribution in [2.75, 3.05) is 13.2 Å². The number of esters is 2. The van der Waals surface area contributed by atoms with Crippen molar-refractivity contribution in [3.63, 3.8) is 0 Å². The molecule has 2 aromatic carbocycles. The van der Waals surface area contributed by atoms with Gasteiger partial charge in [0.2, 0.25) is 0 Å².